The molecule has 2 aromatic rings. The average Bonchev–Trinajstić information content (AvgIpc) is 2.38. The van der Waals surface area contributed by atoms with Crippen molar-refractivity contribution in [2.24, 2.45) is 0 Å². The third kappa shape index (κ3) is 3.39. The van der Waals surface area contributed by atoms with E-state index >= 15 is 0 Å². The van der Waals surface area contributed by atoms with Gasteiger partial charge in [-0.05, 0) is 17.1 Å². The van der Waals surface area contributed by atoms with E-state index in [1.54, 1.807) is 24.5 Å². The third-order valence-corrected chi connectivity index (χ3v) is 2.66. The Morgan fingerprint density at radius 3 is 2.20 bits per heavy atom. The number of pyridine rings is 2. The highest BCUT2D eigenvalue weighted by Gasteiger charge is 2.38. The summed E-state index contributed by atoms with van der Waals surface area (Å²) in [5.74, 6) is -0.125. The molecule has 0 spiro atoms. The fraction of sp³-hybridized carbons (Fsp3) is 0.231. The minimum absolute atomic E-state index is 0. The molecule has 108 valence electrons. The zero-order valence-corrected chi connectivity index (χ0v) is 11.7. The number of anilines is 1. The molecule has 0 aliphatic heterocycles. The maximum Gasteiger partial charge on any atom is 0.424 e. The monoisotopic (exact) mass is 303 g/mol. The Morgan fingerprint density at radius 2 is 1.70 bits per heavy atom. The quantitative estimate of drug-likeness (QED) is 0.694. The molecular formula is C13H13ClF3N3. The maximum absolute atomic E-state index is 12.9. The van der Waals surface area contributed by atoms with Crippen LogP contribution in [0.3, 0.4) is 0 Å². The summed E-state index contributed by atoms with van der Waals surface area (Å²) >= 11 is 0. The second-order valence-corrected chi connectivity index (χ2v) is 4.23. The molecule has 7 heteroatoms. The van der Waals surface area contributed by atoms with Gasteiger partial charge in [0.25, 0.3) is 0 Å². The van der Waals surface area contributed by atoms with Crippen molar-refractivity contribution in [1.29, 1.82) is 0 Å². The number of rotatable bonds is 2. The molecule has 2 heterocycles. The van der Waals surface area contributed by atoms with Crippen LogP contribution >= 0.6 is 0 Å². The Labute approximate surface area is 121 Å². The fourth-order valence-electron chi connectivity index (χ4n) is 1.68. The first-order valence-electron chi connectivity index (χ1n) is 5.61. The lowest BCUT2D eigenvalue weighted by Gasteiger charge is -2.12. The Balaban J connectivity index is 0.00000200. The van der Waals surface area contributed by atoms with E-state index < -0.39 is 11.7 Å². The Morgan fingerprint density at radius 1 is 1.10 bits per heavy atom. The zero-order valence-electron chi connectivity index (χ0n) is 10.9. The first kappa shape index (κ1) is 16.2. The van der Waals surface area contributed by atoms with Crippen LogP contribution in [0.2, 0.25) is 0 Å². The summed E-state index contributed by atoms with van der Waals surface area (Å²) in [7, 11) is 3.73. The van der Waals surface area contributed by atoms with Crippen LogP contribution in [0.4, 0.5) is 18.9 Å². The lowest BCUT2D eigenvalue weighted by Crippen LogP contribution is -3.00. The van der Waals surface area contributed by atoms with E-state index in [1.165, 1.54) is 16.8 Å². The summed E-state index contributed by atoms with van der Waals surface area (Å²) in [4.78, 5) is 5.69. The molecule has 0 aliphatic rings. The van der Waals surface area contributed by atoms with Gasteiger partial charge in [0.05, 0.1) is 12.4 Å². The van der Waals surface area contributed by atoms with Gasteiger partial charge in [0.15, 0.2) is 0 Å². The van der Waals surface area contributed by atoms with E-state index in [1.807, 2.05) is 19.0 Å². The minimum atomic E-state index is -4.42. The Kier molecular flexibility index (Phi) is 4.94. The van der Waals surface area contributed by atoms with Gasteiger partial charge < -0.3 is 17.3 Å². The zero-order chi connectivity index (χ0) is 14.0. The summed E-state index contributed by atoms with van der Waals surface area (Å²) in [6.45, 7) is 0. The summed E-state index contributed by atoms with van der Waals surface area (Å²) < 4.78 is 40.0. The van der Waals surface area contributed by atoms with Crippen molar-refractivity contribution in [3.63, 3.8) is 0 Å². The van der Waals surface area contributed by atoms with E-state index in [0.717, 1.165) is 11.8 Å². The van der Waals surface area contributed by atoms with Gasteiger partial charge in [-0.25, -0.2) is 4.57 Å². The highest BCUT2D eigenvalue weighted by Crippen LogP contribution is 2.30. The summed E-state index contributed by atoms with van der Waals surface area (Å²) in [5.41, 5.74) is 0.151. The molecule has 0 saturated heterocycles. The molecular weight excluding hydrogens is 291 g/mol. The van der Waals surface area contributed by atoms with Crippen molar-refractivity contribution in [1.82, 2.24) is 4.98 Å². The van der Waals surface area contributed by atoms with Gasteiger partial charge in [0.2, 0.25) is 0 Å². The summed E-state index contributed by atoms with van der Waals surface area (Å²) in [5, 5.41) is 0. The lowest BCUT2D eigenvalue weighted by atomic mass is 10.2. The molecule has 0 aliphatic carbocycles. The van der Waals surface area contributed by atoms with Crippen LogP contribution in [0, 0.1) is 0 Å². The molecule has 20 heavy (non-hydrogen) atoms. The van der Waals surface area contributed by atoms with Crippen molar-refractivity contribution < 1.29 is 30.1 Å². The van der Waals surface area contributed by atoms with Gasteiger partial charge in [-0.3, -0.25) is 0 Å². The van der Waals surface area contributed by atoms with E-state index in [4.69, 9.17) is 0 Å². The molecule has 2 rings (SSSR count). The van der Waals surface area contributed by atoms with Crippen LogP contribution in [0.5, 0.6) is 0 Å². The van der Waals surface area contributed by atoms with Crippen molar-refractivity contribution in [3.05, 3.63) is 48.4 Å². The van der Waals surface area contributed by atoms with Crippen molar-refractivity contribution in [2.45, 2.75) is 6.18 Å². The number of aromatic nitrogens is 2. The maximum atomic E-state index is 12.9. The van der Waals surface area contributed by atoms with Gasteiger partial charge in [0.1, 0.15) is 11.8 Å². The summed E-state index contributed by atoms with van der Waals surface area (Å²) in [6, 6.07) is 5.76. The highest BCUT2D eigenvalue weighted by molar-refractivity contribution is 5.42. The second kappa shape index (κ2) is 6.09. The van der Waals surface area contributed by atoms with E-state index in [0.29, 0.717) is 0 Å². The second-order valence-electron chi connectivity index (χ2n) is 4.23. The molecule has 0 N–H and O–H groups in total. The van der Waals surface area contributed by atoms with Crippen molar-refractivity contribution in [2.75, 3.05) is 19.0 Å². The first-order chi connectivity index (χ1) is 8.89. The lowest BCUT2D eigenvalue weighted by molar-refractivity contribution is -0.601. The Bertz CT molecular complexity index is 568. The predicted molar refractivity (Wildman–Crippen MR) is 65.1 cm³/mol. The fourth-order valence-corrected chi connectivity index (χ4v) is 1.68. The standard InChI is InChI=1S/C13H13F3N3.ClH/c1-18(2)10-5-8-19(9-6-10)12-11(13(14,15)16)4-3-7-17-12;/h3-9H,1-2H3;1H/q+1;/p-1. The van der Waals surface area contributed by atoms with E-state index in [2.05, 4.69) is 4.98 Å². The van der Waals surface area contributed by atoms with Crippen LogP contribution in [0.25, 0.3) is 5.82 Å². The van der Waals surface area contributed by atoms with E-state index in [9.17, 15) is 13.2 Å². The predicted octanol–water partition coefficient (Wildman–Crippen LogP) is -0.553. The highest BCUT2D eigenvalue weighted by atomic mass is 35.5. The van der Waals surface area contributed by atoms with E-state index in [-0.39, 0.29) is 18.2 Å². The molecule has 0 unspecified atom stereocenters. The van der Waals surface area contributed by atoms with Crippen LogP contribution in [0.15, 0.2) is 42.9 Å². The molecule has 0 amide bonds. The Hall–Kier alpha value is -1.82. The van der Waals surface area contributed by atoms with Crippen molar-refractivity contribution >= 4 is 5.69 Å². The minimum Gasteiger partial charge on any atom is -1.00 e. The van der Waals surface area contributed by atoms with Crippen LogP contribution < -0.4 is 21.9 Å². The molecule has 3 nitrogen and oxygen atoms in total. The molecule has 2 aromatic heterocycles. The number of nitrogens with zero attached hydrogens (tertiary/aromatic N) is 3. The largest absolute Gasteiger partial charge is 1.00 e. The van der Waals surface area contributed by atoms with Gasteiger partial charge in [-0.1, -0.05) is 0 Å². The van der Waals surface area contributed by atoms with Gasteiger partial charge in [-0.15, -0.1) is 0 Å². The number of hydrogen-bond donors (Lipinski definition) is 0. The van der Waals surface area contributed by atoms with Gasteiger partial charge >= 0.3 is 12.0 Å². The van der Waals surface area contributed by atoms with Gasteiger partial charge in [-0.2, -0.15) is 13.2 Å². The molecule has 0 fully saturated rings. The van der Waals surface area contributed by atoms with Crippen LogP contribution in [0.1, 0.15) is 5.56 Å². The topological polar surface area (TPSA) is 20.0 Å². The first-order valence-corrected chi connectivity index (χ1v) is 5.61. The molecule has 0 atom stereocenters. The van der Waals surface area contributed by atoms with Crippen molar-refractivity contribution in [3.8, 4) is 5.82 Å². The number of halogens is 4. The van der Waals surface area contributed by atoms with Crippen LogP contribution in [-0.2, 0) is 6.18 Å². The normalized spacial score (nSPS) is 10.8. The molecule has 0 radical (unpaired) electrons. The SMILES string of the molecule is CN(C)c1cc[n+](-c2ncccc2C(F)(F)F)cc1.[Cl-]. The van der Waals surface area contributed by atoms with Crippen LogP contribution in [-0.4, -0.2) is 19.1 Å². The molecule has 0 aromatic carbocycles. The average molecular weight is 304 g/mol. The smallest absolute Gasteiger partial charge is 0.424 e. The summed E-state index contributed by atoms with van der Waals surface area (Å²) in [6.07, 6.45) is 0.0497. The molecule has 0 bridgehead atoms. The third-order valence-electron chi connectivity index (χ3n) is 2.66. The number of hydrogen-bond acceptors (Lipinski definition) is 2. The van der Waals surface area contributed by atoms with Gasteiger partial charge in [0, 0.05) is 31.9 Å². The molecule has 0 saturated carbocycles. The number of alkyl halides is 3.